The Hall–Kier alpha value is -0.0800. The lowest BCUT2D eigenvalue weighted by Crippen LogP contribution is -2.37. The molecule has 0 aromatic heterocycles. The number of hydrogen-bond donors (Lipinski definition) is 1. The minimum Gasteiger partial charge on any atom is -0.298 e. The van der Waals surface area contributed by atoms with E-state index in [0.717, 1.165) is 0 Å². The van der Waals surface area contributed by atoms with Crippen molar-refractivity contribution in [1.29, 1.82) is 0 Å². The van der Waals surface area contributed by atoms with E-state index in [0.29, 0.717) is 28.9 Å². The summed E-state index contributed by atoms with van der Waals surface area (Å²) in [6, 6.07) is 0.581. The molecule has 1 aliphatic heterocycles. The van der Waals surface area contributed by atoms with Crippen LogP contribution in [0.25, 0.3) is 0 Å². The molecule has 1 aliphatic carbocycles. The second kappa shape index (κ2) is 3.46. The lowest BCUT2D eigenvalue weighted by Gasteiger charge is -2.39. The molecular formula is C13H25NO. The molecule has 1 saturated carbocycles. The van der Waals surface area contributed by atoms with Crippen LogP contribution in [0, 0.1) is 16.7 Å². The van der Waals surface area contributed by atoms with Crippen molar-refractivity contribution in [1.82, 2.24) is 5.48 Å². The Labute approximate surface area is 93.7 Å². The molecule has 2 rings (SSSR count). The van der Waals surface area contributed by atoms with Crippen LogP contribution in [-0.4, -0.2) is 12.1 Å². The average Bonchev–Trinajstić information content (AvgIpc) is 2.38. The van der Waals surface area contributed by atoms with Crippen molar-refractivity contribution in [3.8, 4) is 0 Å². The van der Waals surface area contributed by atoms with Gasteiger partial charge in [0, 0.05) is 6.04 Å². The summed E-state index contributed by atoms with van der Waals surface area (Å²) in [6.45, 7) is 11.8. The van der Waals surface area contributed by atoms with Crippen LogP contribution in [0.5, 0.6) is 0 Å². The smallest absolute Gasteiger partial charge is 0.0839 e. The monoisotopic (exact) mass is 211 g/mol. The maximum atomic E-state index is 5.74. The third-order valence-corrected chi connectivity index (χ3v) is 4.04. The molecule has 3 atom stereocenters. The minimum atomic E-state index is 0.350. The van der Waals surface area contributed by atoms with E-state index in [-0.39, 0.29) is 0 Å². The molecule has 2 heteroatoms. The molecule has 0 radical (unpaired) electrons. The number of rotatable bonds is 0. The normalized spacial score (nSPS) is 40.2. The summed E-state index contributed by atoms with van der Waals surface area (Å²) in [5, 5.41) is 0. The second-order valence-corrected chi connectivity index (χ2v) is 7.25. The van der Waals surface area contributed by atoms with Gasteiger partial charge in [-0.1, -0.05) is 34.6 Å². The van der Waals surface area contributed by atoms with E-state index in [1.165, 1.54) is 19.3 Å². The zero-order chi connectivity index (χ0) is 11.3. The third kappa shape index (κ3) is 2.36. The molecule has 0 aromatic rings. The minimum absolute atomic E-state index is 0.350. The highest BCUT2D eigenvalue weighted by Crippen LogP contribution is 2.47. The molecule has 2 fully saturated rings. The zero-order valence-electron chi connectivity index (χ0n) is 10.8. The second-order valence-electron chi connectivity index (χ2n) is 7.25. The molecule has 1 N–H and O–H groups in total. The van der Waals surface area contributed by atoms with Gasteiger partial charge in [-0.3, -0.25) is 4.84 Å². The lowest BCUT2D eigenvalue weighted by atomic mass is 9.70. The Morgan fingerprint density at radius 2 is 1.87 bits per heavy atom. The topological polar surface area (TPSA) is 21.3 Å². The molecule has 0 aromatic carbocycles. The summed E-state index contributed by atoms with van der Waals surface area (Å²) in [5.41, 5.74) is 4.02. The van der Waals surface area contributed by atoms with Crippen LogP contribution in [-0.2, 0) is 4.84 Å². The molecule has 2 nitrogen and oxygen atoms in total. The number of hydroxylamine groups is 1. The van der Waals surface area contributed by atoms with Crippen molar-refractivity contribution in [2.24, 2.45) is 16.7 Å². The summed E-state index contributed by atoms with van der Waals surface area (Å²) >= 11 is 0. The number of nitrogens with one attached hydrogen (secondary N) is 1. The predicted octanol–water partition coefficient (Wildman–Crippen LogP) is 3.13. The largest absolute Gasteiger partial charge is 0.298 e. The van der Waals surface area contributed by atoms with Gasteiger partial charge in [0.05, 0.1) is 6.10 Å². The Balaban J connectivity index is 2.21. The lowest BCUT2D eigenvalue weighted by molar-refractivity contribution is -0.0616. The number of fused-ring (bicyclic) bond motifs is 2. The van der Waals surface area contributed by atoms with Crippen LogP contribution >= 0.6 is 0 Å². The van der Waals surface area contributed by atoms with Crippen LogP contribution in [0.4, 0.5) is 0 Å². The first-order chi connectivity index (χ1) is 6.78. The van der Waals surface area contributed by atoms with Gasteiger partial charge in [-0.25, -0.2) is 0 Å². The molecule has 0 spiro atoms. The first-order valence-corrected chi connectivity index (χ1v) is 6.19. The third-order valence-electron chi connectivity index (χ3n) is 4.04. The summed E-state index contributed by atoms with van der Waals surface area (Å²) in [6.07, 6.45) is 4.16. The summed E-state index contributed by atoms with van der Waals surface area (Å²) in [7, 11) is 0. The van der Waals surface area contributed by atoms with Crippen molar-refractivity contribution in [2.75, 3.05) is 0 Å². The molecule has 1 heterocycles. The first kappa shape index (κ1) is 11.4. The Kier molecular flexibility index (Phi) is 2.63. The summed E-state index contributed by atoms with van der Waals surface area (Å²) in [4.78, 5) is 5.74. The van der Waals surface area contributed by atoms with Crippen molar-refractivity contribution in [2.45, 2.75) is 66.0 Å². The van der Waals surface area contributed by atoms with Gasteiger partial charge >= 0.3 is 0 Å². The standard InChI is InChI=1S/C13H25NO/c1-12(2,3)10-8-13(4,5)7-9-6-11(10)15-14-9/h9-11,14H,6-8H2,1-5H3. The van der Waals surface area contributed by atoms with Crippen molar-refractivity contribution < 1.29 is 4.84 Å². The molecule has 2 aliphatic rings. The highest BCUT2D eigenvalue weighted by Gasteiger charge is 2.45. The zero-order valence-corrected chi connectivity index (χ0v) is 10.8. The molecule has 3 unspecified atom stereocenters. The van der Waals surface area contributed by atoms with Crippen LogP contribution in [0.1, 0.15) is 53.9 Å². The van der Waals surface area contributed by atoms with E-state index in [1.54, 1.807) is 0 Å². The molecule has 2 bridgehead atoms. The fourth-order valence-electron chi connectivity index (χ4n) is 3.27. The van der Waals surface area contributed by atoms with E-state index < -0.39 is 0 Å². The van der Waals surface area contributed by atoms with Gasteiger partial charge in [0.25, 0.3) is 0 Å². The Morgan fingerprint density at radius 1 is 1.20 bits per heavy atom. The van der Waals surface area contributed by atoms with E-state index in [4.69, 9.17) is 4.84 Å². The van der Waals surface area contributed by atoms with Gasteiger partial charge in [-0.15, -0.1) is 0 Å². The SMILES string of the molecule is CC1(C)CC2CC(ON2)C(C(C)(C)C)C1. The summed E-state index contributed by atoms with van der Waals surface area (Å²) in [5.74, 6) is 0.674. The molecule has 15 heavy (non-hydrogen) atoms. The predicted molar refractivity (Wildman–Crippen MR) is 62.4 cm³/mol. The van der Waals surface area contributed by atoms with Gasteiger partial charge in [0.2, 0.25) is 0 Å². The van der Waals surface area contributed by atoms with Gasteiger partial charge in [-0.2, -0.15) is 5.48 Å². The molecule has 1 saturated heterocycles. The average molecular weight is 211 g/mol. The maximum absolute atomic E-state index is 5.74. The van der Waals surface area contributed by atoms with E-state index in [1.807, 2.05) is 0 Å². The number of hydrogen-bond acceptors (Lipinski definition) is 2. The van der Waals surface area contributed by atoms with Crippen LogP contribution < -0.4 is 5.48 Å². The van der Waals surface area contributed by atoms with Gasteiger partial charge in [-0.05, 0) is 36.0 Å². The molecular weight excluding hydrogens is 186 g/mol. The van der Waals surface area contributed by atoms with Crippen LogP contribution in [0.15, 0.2) is 0 Å². The van der Waals surface area contributed by atoms with Crippen molar-refractivity contribution in [3.63, 3.8) is 0 Å². The maximum Gasteiger partial charge on any atom is 0.0839 e. The molecule has 88 valence electrons. The van der Waals surface area contributed by atoms with Crippen molar-refractivity contribution in [3.05, 3.63) is 0 Å². The highest BCUT2D eigenvalue weighted by atomic mass is 16.7. The van der Waals surface area contributed by atoms with Gasteiger partial charge < -0.3 is 0 Å². The highest BCUT2D eigenvalue weighted by molar-refractivity contribution is 4.95. The fourth-order valence-corrected chi connectivity index (χ4v) is 3.27. The summed E-state index contributed by atoms with van der Waals surface area (Å²) < 4.78 is 0. The van der Waals surface area contributed by atoms with E-state index in [9.17, 15) is 0 Å². The Morgan fingerprint density at radius 3 is 2.47 bits per heavy atom. The fraction of sp³-hybridized carbons (Fsp3) is 1.00. The van der Waals surface area contributed by atoms with Crippen LogP contribution in [0.2, 0.25) is 0 Å². The van der Waals surface area contributed by atoms with E-state index >= 15 is 0 Å². The first-order valence-electron chi connectivity index (χ1n) is 6.19. The molecule has 0 amide bonds. The van der Waals surface area contributed by atoms with Gasteiger partial charge in [0.15, 0.2) is 0 Å². The van der Waals surface area contributed by atoms with E-state index in [2.05, 4.69) is 40.1 Å². The quantitative estimate of drug-likeness (QED) is 0.664. The van der Waals surface area contributed by atoms with Gasteiger partial charge in [0.1, 0.15) is 0 Å². The van der Waals surface area contributed by atoms with Crippen molar-refractivity contribution >= 4 is 0 Å². The Bertz CT molecular complexity index is 241. The van der Waals surface area contributed by atoms with Crippen LogP contribution in [0.3, 0.4) is 0 Å².